The summed E-state index contributed by atoms with van der Waals surface area (Å²) in [5, 5.41) is 0. The predicted molar refractivity (Wildman–Crippen MR) is 330 cm³/mol. The minimum absolute atomic E-state index is 0.161. The third-order valence-electron chi connectivity index (χ3n) is 21.1. The second-order valence-corrected chi connectivity index (χ2v) is 28.2. The normalized spacial score (nSPS) is 16.1. The Morgan fingerprint density at radius 2 is 0.417 bits per heavy atom. The van der Waals surface area contributed by atoms with Gasteiger partial charge in [-0.15, -0.1) is 23.3 Å². The van der Waals surface area contributed by atoms with Crippen LogP contribution in [0.5, 0.6) is 0 Å². The molecule has 120 heavy (non-hydrogen) atoms. The molecule has 0 nitrogen and oxygen atoms in total. The summed E-state index contributed by atoms with van der Waals surface area (Å²) in [7, 11) is -2.04. The maximum Gasteiger partial charge on any atom is 0.416 e. The molecule has 14 rings (SSSR count). The van der Waals surface area contributed by atoms with Crippen molar-refractivity contribution >= 4 is 14.7 Å². The largest absolute Gasteiger partial charge is 0.416 e. The fourth-order valence-electron chi connectivity index (χ4n) is 16.4. The first-order valence-corrected chi connectivity index (χ1v) is 34.7. The van der Waals surface area contributed by atoms with Crippen molar-refractivity contribution in [2.45, 2.75) is 79.8 Å². The van der Waals surface area contributed by atoms with Gasteiger partial charge in [-0.2, -0.15) is 26.3 Å². The molecule has 0 amide bonds. The van der Waals surface area contributed by atoms with Gasteiger partial charge in [0.2, 0.25) is 11.6 Å². The van der Waals surface area contributed by atoms with Gasteiger partial charge in [0, 0.05) is 50.9 Å². The van der Waals surface area contributed by atoms with E-state index in [-0.39, 0.29) is 6.42 Å². The van der Waals surface area contributed by atoms with E-state index in [0.29, 0.717) is 12.8 Å². The van der Waals surface area contributed by atoms with Crippen LogP contribution in [0.3, 0.4) is 0 Å². The predicted octanol–water partition coefficient (Wildman–Crippen LogP) is 26.3. The van der Waals surface area contributed by atoms with Crippen LogP contribution in [0.4, 0.5) is 193 Å². The van der Waals surface area contributed by atoms with E-state index in [4.69, 9.17) is 0 Å². The number of hydrogen-bond donors (Lipinski definition) is 0. The van der Waals surface area contributed by atoms with Gasteiger partial charge < -0.3 is 0 Å². The molecule has 5 atom stereocenters. The van der Waals surface area contributed by atoms with Gasteiger partial charge in [0.25, 0.3) is 0 Å². The van der Waals surface area contributed by atoms with Crippen LogP contribution in [0.25, 0.3) is 55.6 Å². The number of hydrogen-bond acceptors (Lipinski definition) is 0. The van der Waals surface area contributed by atoms with Crippen LogP contribution in [0.15, 0.2) is 24.3 Å². The summed E-state index contributed by atoms with van der Waals surface area (Å²) in [5.74, 6) is -140. The summed E-state index contributed by atoms with van der Waals surface area (Å²) in [4.78, 5) is 0. The van der Waals surface area contributed by atoms with Crippen LogP contribution < -0.4 is 0 Å². The van der Waals surface area contributed by atoms with Gasteiger partial charge in [-0.1, -0.05) is 48.4 Å². The molecule has 0 N–H and O–H groups in total. The molecule has 0 bridgehead atoms. The Morgan fingerprint density at radius 3 is 0.617 bits per heavy atom. The van der Waals surface area contributed by atoms with Crippen LogP contribution in [0, 0.1) is 221 Å². The Morgan fingerprint density at radius 1 is 0.233 bits per heavy atom. The first-order chi connectivity index (χ1) is 55.6. The average Bonchev–Trinajstić information content (AvgIpc) is 1.49. The summed E-state index contributed by atoms with van der Waals surface area (Å²) >= 11 is 0. The van der Waals surface area contributed by atoms with Gasteiger partial charge in [-0.3, -0.25) is 0 Å². The van der Waals surface area contributed by atoms with E-state index in [2.05, 4.69) is 0 Å². The molecule has 0 heterocycles. The van der Waals surface area contributed by atoms with Gasteiger partial charge in [-0.05, 0) is 52.9 Å². The van der Waals surface area contributed by atoms with Crippen LogP contribution >= 0.6 is 8.58 Å². The maximum absolute atomic E-state index is 17.7. The molecule has 0 aromatic heterocycles. The van der Waals surface area contributed by atoms with Crippen molar-refractivity contribution < 1.29 is 193 Å². The SMILES string of the molecule is CCCCCCC(F)(F)C(F)(F)C(F)(F)[PH2+]C.Fc1c(F)c(F)c(-c2c(F)c(F)c(F)c(F)c2F)c(F)c1F.Fc1cc2c(c(F)c1F)-c1c(F)c(F)c(F)c(F)c1C2[B-](C1c2cc(F)c(F)c(F)c2-c2c(F)c(F)c(F)c(F)c21)(C1c2cc(F)c(F)c(F)c2-c2c(F)c(F)c(F)c(F)c21)C1c2cc(F)c(F)c(F)c2-c2c(F)c(F)c(F)c(F)c21. The van der Waals surface area contributed by atoms with E-state index < -0.39 is 407 Å². The lowest BCUT2D eigenvalue weighted by molar-refractivity contribution is -0.280. The zero-order chi connectivity index (χ0) is 89.7. The zero-order valence-corrected chi connectivity index (χ0v) is 58.6. The number of alkyl halides is 6. The standard InChI is InChI=1S/C52H8BF28.C12F10.C10H17F6P/c54-9-1-5-13(33(62)29(9)58)17-21(41(70)49(78)45(74)37(17)66)25(5)53(26-6-2-10(55)30(59)34(63)14(6)18-22(26)42(71)50(79)46(75)38(18)67,27-7-3-11(56)31(60)35(64)15(7)19-23(27)43(72)51(80)47(76)39(19)68)28-8-4-12(57)32(61)36(65)16(8)20-24(28)44(73)52(81)48(77)40(20)69;13-3-1(4(14)8(18)11(21)7(3)17)2-5(15)9(19)12(22)10(20)6(2)16;1-3-4-5-6-7-8(11,12)9(13,14)10(15,16)17-2/h1-4,25-28H;;17H,3-7H2,1-2H3/q-1;;/p+1. The molecule has 4 aliphatic carbocycles. The van der Waals surface area contributed by atoms with Gasteiger partial charge in [0.15, 0.2) is 209 Å². The Kier molecular flexibility index (Phi) is 22.5. The van der Waals surface area contributed by atoms with E-state index >= 15 is 123 Å². The highest BCUT2D eigenvalue weighted by atomic mass is 31.1. The molecule has 5 unspecified atom stereocenters. The van der Waals surface area contributed by atoms with Crippen molar-refractivity contribution in [3.8, 4) is 55.6 Å². The first-order valence-electron chi connectivity index (χ1n) is 32.9. The Bertz CT molecular complexity index is 5470. The fraction of sp³-hybridized carbons (Fsp3) is 0.189. The number of rotatable bonds is 13. The molecule has 0 aliphatic heterocycles. The Balaban J connectivity index is 0.000000277. The van der Waals surface area contributed by atoms with Crippen molar-refractivity contribution in [1.29, 1.82) is 0 Å². The summed E-state index contributed by atoms with van der Waals surface area (Å²) in [6, 6.07) is -2.48. The summed E-state index contributed by atoms with van der Waals surface area (Å²) < 4.78 is 671. The van der Waals surface area contributed by atoms with Crippen LogP contribution in [-0.2, 0) is 0 Å². The lowest BCUT2D eigenvalue weighted by atomic mass is 9.01. The fourth-order valence-corrected chi connectivity index (χ4v) is 16.9. The summed E-state index contributed by atoms with van der Waals surface area (Å²) in [6.07, 6.45) is -6.22. The van der Waals surface area contributed by atoms with Crippen molar-refractivity contribution in [2.24, 2.45) is 0 Å². The Labute approximate surface area is 638 Å². The monoisotopic (exact) mass is 1790 g/mol. The molecule has 0 fully saturated rings. The third kappa shape index (κ3) is 12.1. The maximum atomic E-state index is 17.7. The highest BCUT2D eigenvalue weighted by molar-refractivity contribution is 7.38. The highest BCUT2D eigenvalue weighted by Crippen LogP contribution is 2.74. The van der Waals surface area contributed by atoms with Crippen molar-refractivity contribution in [2.75, 3.05) is 6.66 Å². The van der Waals surface area contributed by atoms with Crippen molar-refractivity contribution in [3.05, 3.63) is 290 Å². The highest BCUT2D eigenvalue weighted by Gasteiger charge is 2.74. The topological polar surface area (TPSA) is 0 Å². The van der Waals surface area contributed by atoms with E-state index in [9.17, 15) is 70.2 Å². The van der Waals surface area contributed by atoms with Crippen LogP contribution in [-0.4, -0.2) is 30.3 Å². The molecule has 0 radical (unpaired) electrons. The van der Waals surface area contributed by atoms with E-state index in [1.165, 1.54) is 0 Å². The van der Waals surface area contributed by atoms with Gasteiger partial charge in [-0.25, -0.2) is 167 Å². The molecular weight excluding hydrogens is 1770 g/mol. The molecule has 10 aromatic carbocycles. The zero-order valence-electron chi connectivity index (χ0n) is 57.4. The molecule has 46 heteroatoms. The lowest BCUT2D eigenvalue weighted by Gasteiger charge is -2.60. The number of halogens is 44. The van der Waals surface area contributed by atoms with Gasteiger partial charge in [0.05, 0.1) is 32.5 Å². The molecule has 0 saturated carbocycles. The summed E-state index contributed by atoms with van der Waals surface area (Å²) in [5.41, 5.74) is -47.1. The smallest absolute Gasteiger partial charge is 0.204 e. The van der Waals surface area contributed by atoms with Crippen LogP contribution in [0.1, 0.15) is 107 Å². The third-order valence-corrected chi connectivity index (χ3v) is 22.2. The molecule has 638 valence electrons. The second kappa shape index (κ2) is 30.3. The summed E-state index contributed by atoms with van der Waals surface area (Å²) in [6.45, 7) is 2.68. The van der Waals surface area contributed by atoms with E-state index in [1.54, 1.807) is 0 Å². The molecule has 4 aliphatic rings. The average molecular weight is 1790 g/mol. The lowest BCUT2D eigenvalue weighted by Crippen LogP contribution is -2.59. The van der Waals surface area contributed by atoms with Gasteiger partial charge in [0.1, 0.15) is 0 Å². The molecular formula is C74H26BF44P. The minimum atomic E-state index is -6.62. The Hall–Kier alpha value is -10.4. The second-order valence-electron chi connectivity index (χ2n) is 26.9. The number of benzene rings is 10. The van der Waals surface area contributed by atoms with Gasteiger partial charge >= 0.3 is 17.5 Å². The first kappa shape index (κ1) is 88.9. The number of fused-ring (bicyclic) bond motifs is 12. The number of unbranched alkanes of at least 4 members (excludes halogenated alkanes) is 3. The molecule has 10 aromatic rings. The van der Waals surface area contributed by atoms with Crippen LogP contribution in [0.2, 0.25) is 0 Å². The van der Waals surface area contributed by atoms with E-state index in [1.807, 2.05) is 6.92 Å². The quantitative estimate of drug-likeness (QED) is 0.0270. The van der Waals surface area contributed by atoms with E-state index in [0.717, 1.165) is 13.1 Å². The van der Waals surface area contributed by atoms with Crippen molar-refractivity contribution in [1.82, 2.24) is 0 Å². The van der Waals surface area contributed by atoms with Crippen molar-refractivity contribution in [3.63, 3.8) is 0 Å². The molecule has 0 saturated heterocycles. The molecule has 0 spiro atoms. The minimum Gasteiger partial charge on any atom is -0.204 e.